The number of pyridine rings is 1. The molecule has 9 aromatic rings. The molecule has 6 aromatic carbocycles. The van der Waals surface area contributed by atoms with E-state index in [1.54, 1.807) is 0 Å². The summed E-state index contributed by atoms with van der Waals surface area (Å²) in [5, 5.41) is 7.51. The van der Waals surface area contributed by atoms with Crippen LogP contribution in [-0.2, 0) is 21.1 Å². The summed E-state index contributed by atoms with van der Waals surface area (Å²) in [7, 11) is 2.01. The predicted molar refractivity (Wildman–Crippen MR) is 225 cm³/mol. The zero-order valence-electron chi connectivity index (χ0n) is 30.8. The average Bonchev–Trinajstić information content (AvgIpc) is 3.96. The van der Waals surface area contributed by atoms with Crippen molar-refractivity contribution in [1.29, 1.82) is 0 Å². The molecule has 10 rings (SSSR count). The molecule has 0 aliphatic carbocycles. The zero-order valence-corrected chi connectivity index (χ0v) is 33.0. The number of aromatic nitrogens is 4. The van der Waals surface area contributed by atoms with Crippen LogP contribution >= 0.6 is 0 Å². The molecule has 9 heteroatoms. The monoisotopic (exact) mass is 918 g/mol. The minimum absolute atomic E-state index is 0. The Morgan fingerprint density at radius 3 is 2.11 bits per heavy atom. The van der Waals surface area contributed by atoms with Gasteiger partial charge in [0.25, 0.3) is 0 Å². The van der Waals surface area contributed by atoms with E-state index in [-0.39, 0.29) is 26.9 Å². The summed E-state index contributed by atoms with van der Waals surface area (Å²) >= 11 is 0. The van der Waals surface area contributed by atoms with Crippen molar-refractivity contribution < 1.29 is 25.5 Å². The minimum Gasteiger partial charge on any atom is -0.510 e. The predicted octanol–water partition coefficient (Wildman–Crippen LogP) is 8.29. The Balaban J connectivity index is 0.00000422. The second-order valence-corrected chi connectivity index (χ2v) is 13.9. The molecule has 0 radical (unpaired) electrons. The Kier molecular flexibility index (Phi) is 9.65. The first kappa shape index (κ1) is 36.2. The van der Waals surface area contributed by atoms with E-state index in [0.29, 0.717) is 5.82 Å². The van der Waals surface area contributed by atoms with Gasteiger partial charge in [-0.3, -0.25) is 0 Å². The summed E-state index contributed by atoms with van der Waals surface area (Å²) in [6.45, 7) is 1.63. The van der Waals surface area contributed by atoms with E-state index in [9.17, 15) is 4.39 Å². The maximum atomic E-state index is 14.9. The molecule has 0 fully saturated rings. The number of benzene rings is 6. The Morgan fingerprint density at radius 1 is 0.667 bits per heavy atom. The van der Waals surface area contributed by atoms with Crippen molar-refractivity contribution >= 4 is 50.6 Å². The summed E-state index contributed by atoms with van der Waals surface area (Å²) in [5.74, 6) is 0.134. The molecule has 57 heavy (non-hydrogen) atoms. The average molecular weight is 919 g/mol. The smallest absolute Gasteiger partial charge is 0.197 e. The van der Waals surface area contributed by atoms with Gasteiger partial charge in [0, 0.05) is 44.4 Å². The Morgan fingerprint density at radius 2 is 1.37 bits per heavy atom. The number of halogens is 1. The van der Waals surface area contributed by atoms with Gasteiger partial charge >= 0.3 is 0 Å². The third-order valence-electron chi connectivity index (χ3n) is 10.3. The van der Waals surface area contributed by atoms with Gasteiger partial charge in [0.2, 0.25) is 0 Å². The number of hydrogen-bond acceptors (Lipinski definition) is 4. The zero-order chi connectivity index (χ0) is 37.6. The second kappa shape index (κ2) is 15.2. The fourth-order valence-corrected chi connectivity index (χ4v) is 7.84. The summed E-state index contributed by atoms with van der Waals surface area (Å²) < 4.78 is 18.9. The van der Waals surface area contributed by atoms with E-state index < -0.39 is 6.71 Å². The molecule has 0 bridgehead atoms. The van der Waals surface area contributed by atoms with Crippen LogP contribution in [0.25, 0.3) is 55.8 Å². The van der Waals surface area contributed by atoms with Crippen LogP contribution in [0.3, 0.4) is 0 Å². The molecule has 0 saturated heterocycles. The van der Waals surface area contributed by atoms with Crippen LogP contribution in [0.1, 0.15) is 0 Å². The normalized spacial score (nSPS) is 12.4. The van der Waals surface area contributed by atoms with Gasteiger partial charge in [0.05, 0.1) is 17.1 Å². The van der Waals surface area contributed by atoms with E-state index in [4.69, 9.17) is 5.10 Å². The van der Waals surface area contributed by atoms with Crippen LogP contribution in [0, 0.1) is 24.6 Å². The first-order chi connectivity index (χ1) is 27.6. The topological polar surface area (TPSA) is 42.1 Å². The van der Waals surface area contributed by atoms with E-state index >= 15 is 0 Å². The third kappa shape index (κ3) is 6.56. The van der Waals surface area contributed by atoms with Gasteiger partial charge in [0.1, 0.15) is 11.6 Å². The summed E-state index contributed by atoms with van der Waals surface area (Å²) in [6, 6.07) is 60.5. The molecular formula is C48H33BFN6Pt-3. The van der Waals surface area contributed by atoms with Crippen LogP contribution in [0.4, 0.5) is 10.1 Å². The number of fused-ring (bicyclic) bond motifs is 3. The van der Waals surface area contributed by atoms with Gasteiger partial charge in [-0.25, -0.2) is 14.1 Å². The number of hydrogen-bond donors (Lipinski definition) is 0. The molecule has 0 N–H and O–H groups in total. The fraction of sp³-hybridized carbons (Fsp3) is 0.0208. The van der Waals surface area contributed by atoms with Crippen molar-refractivity contribution in [2.75, 3.05) is 11.9 Å². The van der Waals surface area contributed by atoms with E-state index in [2.05, 4.69) is 124 Å². The molecule has 278 valence electrons. The second-order valence-electron chi connectivity index (χ2n) is 13.9. The summed E-state index contributed by atoms with van der Waals surface area (Å²) in [6.07, 6.45) is 5.56. The molecular weight excluding hydrogens is 885 g/mol. The molecule has 1 aliphatic heterocycles. The maximum absolute atomic E-state index is 14.9. The quantitative estimate of drug-likeness (QED) is 0.114. The van der Waals surface area contributed by atoms with E-state index in [1.165, 1.54) is 18.3 Å². The van der Waals surface area contributed by atoms with Gasteiger partial charge in [-0.2, -0.15) is 65.2 Å². The van der Waals surface area contributed by atoms with Crippen LogP contribution in [0.5, 0.6) is 0 Å². The standard InChI is InChI=1S/C48H33BFN6.Pt/c1-53-28-29-54(33-53)40-21-13-18-36(30-40)49(37-24-25-42-41-22-11-12-23-43(41)55(44(42)31-37)45-32-38(50)26-27-51-45)46-47(34-14-5-2-6-15-34)52-56(39-19-9-4-10-20-39)48(46)35-16-7-3-8-17-35;/h2-29,32-33H,1H3;/q-3;. The first-order valence-electron chi connectivity index (χ1n) is 18.5. The molecule has 1 aliphatic rings. The van der Waals surface area contributed by atoms with Gasteiger partial charge in [-0.05, 0) is 60.1 Å². The van der Waals surface area contributed by atoms with Gasteiger partial charge in [0.15, 0.2) is 6.71 Å². The molecule has 0 spiro atoms. The Bertz CT molecular complexity index is 2890. The molecule has 0 amide bonds. The molecule has 0 unspecified atom stereocenters. The van der Waals surface area contributed by atoms with Gasteiger partial charge in [-0.1, -0.05) is 103 Å². The first-order valence-corrected chi connectivity index (χ1v) is 18.5. The van der Waals surface area contributed by atoms with Gasteiger partial charge in [-0.15, -0.1) is 11.1 Å². The van der Waals surface area contributed by atoms with Crippen molar-refractivity contribution in [3.63, 3.8) is 0 Å². The van der Waals surface area contributed by atoms with Crippen molar-refractivity contribution in [3.8, 4) is 34.0 Å². The molecule has 3 aromatic heterocycles. The number of nitrogens with zero attached hydrogens (tertiary/aromatic N) is 6. The van der Waals surface area contributed by atoms with Crippen LogP contribution in [0.2, 0.25) is 0 Å². The number of anilines is 1. The third-order valence-corrected chi connectivity index (χ3v) is 10.3. The minimum atomic E-state index is -0.404. The Labute approximate surface area is 345 Å². The van der Waals surface area contributed by atoms with Crippen LogP contribution < -0.4 is 21.3 Å². The molecule has 0 atom stereocenters. The summed E-state index contributed by atoms with van der Waals surface area (Å²) in [5.41, 5.74) is 10.3. The Hall–Kier alpha value is -6.50. The molecule has 4 heterocycles. The SMILES string of the molecule is CN1C=CN(c2[c-]c(B(c3[c-]c4c(cc3)c3ccccc3n4-c3cc(F)ccn3)c3c(-c4ccccc4)nn(-c4ccccc4)c3-c3ccccc3)ccc2)[CH-]1.[Pt]. The largest absolute Gasteiger partial charge is 0.510 e. The van der Waals surface area contributed by atoms with E-state index in [1.807, 2.05) is 84.1 Å². The van der Waals surface area contributed by atoms with Crippen molar-refractivity contribution in [1.82, 2.24) is 24.2 Å². The number of rotatable bonds is 8. The molecule has 0 saturated carbocycles. The van der Waals surface area contributed by atoms with Crippen LogP contribution in [-0.4, -0.2) is 38.0 Å². The fourth-order valence-electron chi connectivity index (χ4n) is 7.84. The van der Waals surface area contributed by atoms with Crippen molar-refractivity contribution in [2.24, 2.45) is 0 Å². The van der Waals surface area contributed by atoms with Crippen molar-refractivity contribution in [2.45, 2.75) is 0 Å². The maximum Gasteiger partial charge on any atom is 0.197 e. The molecule has 6 nitrogen and oxygen atoms in total. The van der Waals surface area contributed by atoms with Crippen molar-refractivity contribution in [3.05, 3.63) is 201 Å². The van der Waals surface area contributed by atoms with Crippen LogP contribution in [0.15, 0.2) is 176 Å². The van der Waals surface area contributed by atoms with Gasteiger partial charge < -0.3 is 14.4 Å². The number of para-hydroxylation sites is 2. The summed E-state index contributed by atoms with van der Waals surface area (Å²) in [4.78, 5) is 8.74. The van der Waals surface area contributed by atoms with E-state index in [0.717, 1.165) is 72.1 Å².